The van der Waals surface area contributed by atoms with Crippen LogP contribution in [-0.4, -0.2) is 49.1 Å². The maximum atomic E-state index is 11.5. The SMILES string of the molecule is COCOc1ccc([C@@H]2OC(=O)N(C)[C@H]2C(=O)O)cc1. The molecule has 1 aromatic carbocycles. The van der Waals surface area contributed by atoms with E-state index in [0.717, 1.165) is 4.90 Å². The third kappa shape index (κ3) is 2.67. The molecule has 1 amide bonds. The second kappa shape index (κ2) is 5.79. The maximum Gasteiger partial charge on any atom is 0.411 e. The van der Waals surface area contributed by atoms with E-state index in [2.05, 4.69) is 0 Å². The van der Waals surface area contributed by atoms with Crippen molar-refractivity contribution < 1.29 is 28.9 Å². The molecule has 0 spiro atoms. The number of ether oxygens (including phenoxy) is 3. The van der Waals surface area contributed by atoms with Gasteiger partial charge in [0.05, 0.1) is 0 Å². The van der Waals surface area contributed by atoms with Gasteiger partial charge in [0.25, 0.3) is 0 Å². The van der Waals surface area contributed by atoms with Gasteiger partial charge in [-0.1, -0.05) is 12.1 Å². The standard InChI is InChI=1S/C13H15NO6/c1-14-10(12(15)16)11(20-13(14)17)8-3-5-9(6-4-8)19-7-18-2/h3-6,10-11H,7H2,1-2H3,(H,15,16)/t10-,11+/m1/s1. The average Bonchev–Trinajstić information content (AvgIpc) is 2.73. The molecule has 20 heavy (non-hydrogen) atoms. The van der Waals surface area contributed by atoms with Crippen molar-refractivity contribution in [2.24, 2.45) is 0 Å². The summed E-state index contributed by atoms with van der Waals surface area (Å²) < 4.78 is 15.1. The van der Waals surface area contributed by atoms with Gasteiger partial charge in [-0.05, 0) is 17.7 Å². The Morgan fingerprint density at radius 3 is 2.60 bits per heavy atom. The molecule has 1 aliphatic rings. The Hall–Kier alpha value is -2.28. The maximum absolute atomic E-state index is 11.5. The summed E-state index contributed by atoms with van der Waals surface area (Å²) in [7, 11) is 2.91. The average molecular weight is 281 g/mol. The van der Waals surface area contributed by atoms with Crippen molar-refractivity contribution in [3.05, 3.63) is 29.8 Å². The Labute approximate surface area is 115 Å². The number of benzene rings is 1. The summed E-state index contributed by atoms with van der Waals surface area (Å²) in [6, 6.07) is 5.63. The highest BCUT2D eigenvalue weighted by atomic mass is 16.7. The van der Waals surface area contributed by atoms with Crippen molar-refractivity contribution in [2.45, 2.75) is 12.1 Å². The van der Waals surface area contributed by atoms with Crippen LogP contribution in [0.4, 0.5) is 4.79 Å². The van der Waals surface area contributed by atoms with Crippen molar-refractivity contribution in [2.75, 3.05) is 21.0 Å². The summed E-state index contributed by atoms with van der Waals surface area (Å²) >= 11 is 0. The summed E-state index contributed by atoms with van der Waals surface area (Å²) in [6.45, 7) is 0.123. The van der Waals surface area contributed by atoms with E-state index in [1.54, 1.807) is 24.3 Å². The molecule has 0 radical (unpaired) electrons. The van der Waals surface area contributed by atoms with Gasteiger partial charge >= 0.3 is 12.1 Å². The third-order valence-electron chi connectivity index (χ3n) is 3.02. The zero-order valence-electron chi connectivity index (χ0n) is 11.1. The molecule has 2 rings (SSSR count). The van der Waals surface area contributed by atoms with Gasteiger partial charge < -0.3 is 19.3 Å². The predicted molar refractivity (Wildman–Crippen MR) is 67.4 cm³/mol. The van der Waals surface area contributed by atoms with Gasteiger partial charge in [0.1, 0.15) is 5.75 Å². The molecule has 0 unspecified atom stereocenters. The Bertz CT molecular complexity index is 500. The Morgan fingerprint density at radius 2 is 2.05 bits per heavy atom. The largest absolute Gasteiger partial charge is 0.480 e. The first-order valence-electron chi connectivity index (χ1n) is 5.92. The van der Waals surface area contributed by atoms with Crippen LogP contribution in [0.5, 0.6) is 5.75 Å². The lowest BCUT2D eigenvalue weighted by molar-refractivity contribution is -0.142. The van der Waals surface area contributed by atoms with Crippen LogP contribution in [0.25, 0.3) is 0 Å². The molecule has 0 bridgehead atoms. The number of cyclic esters (lactones) is 1. The van der Waals surface area contributed by atoms with E-state index in [4.69, 9.17) is 14.2 Å². The number of methoxy groups -OCH3 is 1. The molecule has 1 heterocycles. The monoisotopic (exact) mass is 281 g/mol. The topological polar surface area (TPSA) is 85.3 Å². The highest BCUT2D eigenvalue weighted by Crippen LogP contribution is 2.32. The first-order valence-corrected chi connectivity index (χ1v) is 5.92. The number of carbonyl (C=O) groups is 2. The number of rotatable bonds is 5. The minimum Gasteiger partial charge on any atom is -0.480 e. The number of aliphatic carboxylic acids is 1. The van der Waals surface area contributed by atoms with Crippen molar-refractivity contribution >= 4 is 12.1 Å². The Balaban J connectivity index is 2.18. The highest BCUT2D eigenvalue weighted by Gasteiger charge is 2.45. The lowest BCUT2D eigenvalue weighted by Crippen LogP contribution is -2.37. The van der Waals surface area contributed by atoms with Gasteiger partial charge in [0.2, 0.25) is 0 Å². The van der Waals surface area contributed by atoms with Crippen molar-refractivity contribution in [1.29, 1.82) is 0 Å². The van der Waals surface area contributed by atoms with Gasteiger partial charge in [-0.2, -0.15) is 0 Å². The fourth-order valence-electron chi connectivity index (χ4n) is 2.00. The molecule has 7 heteroatoms. The number of carboxylic acids is 1. The number of carbonyl (C=O) groups excluding carboxylic acids is 1. The summed E-state index contributed by atoms with van der Waals surface area (Å²) in [5, 5.41) is 9.19. The van der Waals surface area contributed by atoms with Crippen LogP contribution in [0.3, 0.4) is 0 Å². The van der Waals surface area contributed by atoms with Crippen molar-refractivity contribution in [3.63, 3.8) is 0 Å². The summed E-state index contributed by atoms with van der Waals surface area (Å²) in [5.41, 5.74) is 0.597. The van der Waals surface area contributed by atoms with Gasteiger partial charge in [0.15, 0.2) is 18.9 Å². The van der Waals surface area contributed by atoms with E-state index in [-0.39, 0.29) is 6.79 Å². The molecule has 0 aliphatic carbocycles. The van der Waals surface area contributed by atoms with Gasteiger partial charge in [-0.15, -0.1) is 0 Å². The van der Waals surface area contributed by atoms with Gasteiger partial charge in [0, 0.05) is 14.2 Å². The minimum atomic E-state index is -1.11. The number of amides is 1. The van der Waals surface area contributed by atoms with Crippen LogP contribution in [-0.2, 0) is 14.3 Å². The number of hydrogen-bond acceptors (Lipinski definition) is 5. The van der Waals surface area contributed by atoms with Gasteiger partial charge in [-0.25, -0.2) is 9.59 Å². The molecule has 1 aliphatic heterocycles. The normalized spacial score (nSPS) is 21.7. The molecule has 1 fully saturated rings. The zero-order valence-corrected chi connectivity index (χ0v) is 11.1. The summed E-state index contributed by atoms with van der Waals surface area (Å²) in [6.07, 6.45) is -1.48. The quantitative estimate of drug-likeness (QED) is 0.817. The van der Waals surface area contributed by atoms with Crippen LogP contribution in [0.1, 0.15) is 11.7 Å². The minimum absolute atomic E-state index is 0.123. The molecule has 7 nitrogen and oxygen atoms in total. The smallest absolute Gasteiger partial charge is 0.411 e. The summed E-state index contributed by atoms with van der Waals surface area (Å²) in [5.74, 6) is -0.525. The fraction of sp³-hybridized carbons (Fsp3) is 0.385. The molecule has 108 valence electrons. The van der Waals surface area contributed by atoms with E-state index < -0.39 is 24.2 Å². The first-order chi connectivity index (χ1) is 9.54. The van der Waals surface area contributed by atoms with Crippen LogP contribution in [0.2, 0.25) is 0 Å². The highest BCUT2D eigenvalue weighted by molar-refractivity contribution is 5.84. The molecule has 1 N–H and O–H groups in total. The number of carboxylic acid groups (broad SMARTS) is 1. The number of nitrogens with zero attached hydrogens (tertiary/aromatic N) is 1. The lowest BCUT2D eigenvalue weighted by atomic mass is 10.0. The number of hydrogen-bond donors (Lipinski definition) is 1. The molecule has 1 saturated heterocycles. The van der Waals surface area contributed by atoms with Crippen LogP contribution in [0.15, 0.2) is 24.3 Å². The first kappa shape index (κ1) is 14.1. The fourth-order valence-corrected chi connectivity index (χ4v) is 2.00. The number of likely N-dealkylation sites (N-methyl/N-ethyl adjacent to an activating group) is 1. The molecule has 1 aromatic rings. The van der Waals surface area contributed by atoms with Gasteiger partial charge in [-0.3, -0.25) is 4.90 Å². The molecular weight excluding hydrogens is 266 g/mol. The lowest BCUT2D eigenvalue weighted by Gasteiger charge is -2.17. The molecule has 0 aromatic heterocycles. The Morgan fingerprint density at radius 1 is 1.40 bits per heavy atom. The molecule has 0 saturated carbocycles. The van der Waals surface area contributed by atoms with Crippen LogP contribution >= 0.6 is 0 Å². The van der Waals surface area contributed by atoms with E-state index >= 15 is 0 Å². The van der Waals surface area contributed by atoms with Crippen molar-refractivity contribution in [1.82, 2.24) is 4.90 Å². The van der Waals surface area contributed by atoms with Crippen LogP contribution < -0.4 is 4.74 Å². The second-order valence-electron chi connectivity index (χ2n) is 4.32. The van der Waals surface area contributed by atoms with E-state index in [9.17, 15) is 14.7 Å². The van der Waals surface area contributed by atoms with E-state index in [1.807, 2.05) is 0 Å². The molecule has 2 atom stereocenters. The molecular formula is C13H15NO6. The van der Waals surface area contributed by atoms with E-state index in [0.29, 0.717) is 11.3 Å². The summed E-state index contributed by atoms with van der Waals surface area (Å²) in [4.78, 5) is 23.8. The van der Waals surface area contributed by atoms with E-state index in [1.165, 1.54) is 14.2 Å². The van der Waals surface area contributed by atoms with Crippen LogP contribution in [0, 0.1) is 0 Å². The zero-order chi connectivity index (χ0) is 14.7. The third-order valence-corrected chi connectivity index (χ3v) is 3.02. The second-order valence-corrected chi connectivity index (χ2v) is 4.32. The van der Waals surface area contributed by atoms with Crippen molar-refractivity contribution in [3.8, 4) is 5.75 Å². The Kier molecular flexibility index (Phi) is 4.09. The predicted octanol–water partition coefficient (Wildman–Crippen LogP) is 1.25.